The highest BCUT2D eigenvalue weighted by Gasteiger charge is 1.90. The first-order valence-corrected chi connectivity index (χ1v) is 4.18. The first-order valence-electron chi connectivity index (χ1n) is 4.18. The zero-order valence-corrected chi connectivity index (χ0v) is 7.92. The average Bonchev–Trinajstić information content (AvgIpc) is 2.25. The molecule has 4 heteroatoms. The summed E-state index contributed by atoms with van der Waals surface area (Å²) < 4.78 is 5.07. The summed E-state index contributed by atoms with van der Waals surface area (Å²) in [6.45, 7) is 0.369. The molecule has 0 aliphatic carbocycles. The van der Waals surface area contributed by atoms with Crippen LogP contribution in [0.1, 0.15) is 5.56 Å². The van der Waals surface area contributed by atoms with Crippen molar-refractivity contribution < 1.29 is 4.74 Å². The maximum Gasteiger partial charge on any atom is 0.119 e. The highest BCUT2D eigenvalue weighted by Crippen LogP contribution is 2.13. The van der Waals surface area contributed by atoms with Crippen LogP contribution in [0.25, 0.3) is 16.5 Å². The highest BCUT2D eigenvalue weighted by atomic mass is 16.5. The summed E-state index contributed by atoms with van der Waals surface area (Å²) >= 11 is 0. The molecule has 0 bridgehead atoms. The number of hydrogen-bond donors (Lipinski definition) is 0. The quantitative estimate of drug-likeness (QED) is 0.408. The number of benzene rings is 1. The van der Waals surface area contributed by atoms with Crippen molar-refractivity contribution in [3.63, 3.8) is 0 Å². The van der Waals surface area contributed by atoms with Gasteiger partial charge in [0, 0.05) is 11.5 Å². The van der Waals surface area contributed by atoms with Crippen LogP contribution in [0.15, 0.2) is 35.5 Å². The lowest BCUT2D eigenvalue weighted by molar-refractivity contribution is 0.414. The van der Waals surface area contributed by atoms with Gasteiger partial charge in [0.05, 0.1) is 7.11 Å². The van der Waals surface area contributed by atoms with Gasteiger partial charge in [-0.3, -0.25) is 0 Å². The molecule has 0 unspecified atom stereocenters. The first-order chi connectivity index (χ1) is 6.86. The fourth-order valence-corrected chi connectivity index (χ4v) is 1.02. The smallest absolute Gasteiger partial charge is 0.119 e. The fourth-order valence-electron chi connectivity index (χ4n) is 1.02. The number of methoxy groups -OCH3 is 1. The molecule has 0 N–H and O–H groups in total. The molecule has 1 aromatic carbocycles. The molecule has 0 fully saturated rings. The summed E-state index contributed by atoms with van der Waals surface area (Å²) in [6.07, 6.45) is 3.69. The lowest BCUT2D eigenvalue weighted by atomic mass is 10.2. The van der Waals surface area contributed by atoms with Crippen molar-refractivity contribution in [3.8, 4) is 5.75 Å². The van der Waals surface area contributed by atoms with Crippen LogP contribution in [0.2, 0.25) is 0 Å². The monoisotopic (exact) mass is 189 g/mol. The molecule has 0 heterocycles. The molecule has 0 aliphatic heterocycles. The van der Waals surface area contributed by atoms with E-state index >= 15 is 0 Å². The maximum atomic E-state index is 8.05. The molecule has 0 amide bonds. The highest BCUT2D eigenvalue weighted by molar-refractivity contribution is 5.51. The Labute approximate surface area is 82.4 Å². The maximum absolute atomic E-state index is 8.05. The molecule has 0 spiro atoms. The summed E-state index contributed by atoms with van der Waals surface area (Å²) in [5.74, 6) is 0.816. The predicted octanol–water partition coefficient (Wildman–Crippen LogP) is 3.02. The standard InChI is InChI=1S/C10H11N3O/c1-14-10-6-2-4-9(8-10)5-3-7-12-13-11/h2-6,8H,7H2,1H3. The van der Waals surface area contributed by atoms with Crippen LogP contribution in [0.4, 0.5) is 0 Å². The van der Waals surface area contributed by atoms with Crippen LogP contribution < -0.4 is 4.74 Å². The molecule has 72 valence electrons. The van der Waals surface area contributed by atoms with Crippen LogP contribution in [0.5, 0.6) is 5.75 Å². The predicted molar refractivity (Wildman–Crippen MR) is 56.0 cm³/mol. The van der Waals surface area contributed by atoms with Gasteiger partial charge in [0.25, 0.3) is 0 Å². The lowest BCUT2D eigenvalue weighted by Crippen LogP contribution is -1.82. The molecule has 0 aliphatic rings. The number of nitrogens with zero attached hydrogens (tertiary/aromatic N) is 3. The third-order valence-electron chi connectivity index (χ3n) is 1.65. The molecule has 0 aromatic heterocycles. The summed E-state index contributed by atoms with van der Waals surface area (Å²) in [7, 11) is 1.63. The van der Waals surface area contributed by atoms with Crippen LogP contribution in [0, 0.1) is 0 Å². The Morgan fingerprint density at radius 3 is 3.14 bits per heavy atom. The second kappa shape index (κ2) is 5.67. The minimum Gasteiger partial charge on any atom is -0.497 e. The number of ether oxygens (including phenoxy) is 1. The van der Waals surface area contributed by atoms with Gasteiger partial charge in [0.15, 0.2) is 0 Å². The van der Waals surface area contributed by atoms with Gasteiger partial charge in [0.1, 0.15) is 5.75 Å². The largest absolute Gasteiger partial charge is 0.497 e. The molecule has 0 saturated heterocycles. The number of azide groups is 1. The van der Waals surface area contributed by atoms with E-state index in [0.717, 1.165) is 11.3 Å². The van der Waals surface area contributed by atoms with Crippen molar-refractivity contribution in [2.45, 2.75) is 0 Å². The topological polar surface area (TPSA) is 58.0 Å². The molecule has 0 radical (unpaired) electrons. The zero-order valence-electron chi connectivity index (χ0n) is 7.92. The van der Waals surface area contributed by atoms with Gasteiger partial charge >= 0.3 is 0 Å². The molecule has 1 aromatic rings. The van der Waals surface area contributed by atoms with Gasteiger partial charge < -0.3 is 4.74 Å². The van der Waals surface area contributed by atoms with Crippen molar-refractivity contribution >= 4 is 6.08 Å². The Morgan fingerprint density at radius 2 is 2.43 bits per heavy atom. The van der Waals surface area contributed by atoms with Crippen LogP contribution in [0.3, 0.4) is 0 Å². The minimum absolute atomic E-state index is 0.369. The normalized spacial score (nSPS) is 9.79. The summed E-state index contributed by atoms with van der Waals surface area (Å²) in [6, 6.07) is 7.65. The number of rotatable bonds is 4. The Kier molecular flexibility index (Phi) is 4.11. The van der Waals surface area contributed by atoms with Gasteiger partial charge in [-0.2, -0.15) is 0 Å². The van der Waals surface area contributed by atoms with Crippen LogP contribution in [-0.4, -0.2) is 13.7 Å². The SMILES string of the molecule is COc1cccc(C=CCN=[N+]=[N-])c1. The van der Waals surface area contributed by atoms with Crippen LogP contribution >= 0.6 is 0 Å². The Bertz CT molecular complexity index is 367. The summed E-state index contributed by atoms with van der Waals surface area (Å²) in [5, 5.41) is 3.39. The van der Waals surface area contributed by atoms with E-state index in [1.807, 2.05) is 30.3 Å². The van der Waals surface area contributed by atoms with Gasteiger partial charge in [-0.05, 0) is 23.2 Å². The third-order valence-corrected chi connectivity index (χ3v) is 1.65. The first kappa shape index (κ1) is 10.2. The molecular formula is C10H11N3O. The average molecular weight is 189 g/mol. The molecule has 0 saturated carbocycles. The zero-order chi connectivity index (χ0) is 10.2. The van der Waals surface area contributed by atoms with E-state index in [0.29, 0.717) is 6.54 Å². The fraction of sp³-hybridized carbons (Fsp3) is 0.200. The molecule has 0 atom stereocenters. The van der Waals surface area contributed by atoms with E-state index in [-0.39, 0.29) is 0 Å². The van der Waals surface area contributed by atoms with E-state index in [1.54, 1.807) is 13.2 Å². The van der Waals surface area contributed by atoms with Crippen molar-refractivity contribution in [1.82, 2.24) is 0 Å². The Balaban J connectivity index is 2.66. The van der Waals surface area contributed by atoms with Crippen molar-refractivity contribution in [2.24, 2.45) is 5.11 Å². The summed E-state index contributed by atoms with van der Waals surface area (Å²) in [5.41, 5.74) is 9.08. The van der Waals surface area contributed by atoms with E-state index < -0.39 is 0 Å². The summed E-state index contributed by atoms with van der Waals surface area (Å²) in [4.78, 5) is 2.65. The Hall–Kier alpha value is -1.93. The van der Waals surface area contributed by atoms with E-state index in [2.05, 4.69) is 10.0 Å². The Morgan fingerprint density at radius 1 is 1.57 bits per heavy atom. The minimum atomic E-state index is 0.369. The molecule has 1 rings (SSSR count). The van der Waals surface area contributed by atoms with Gasteiger partial charge in [0.2, 0.25) is 0 Å². The van der Waals surface area contributed by atoms with Gasteiger partial charge in [-0.15, -0.1) is 0 Å². The van der Waals surface area contributed by atoms with Gasteiger partial charge in [-0.1, -0.05) is 29.4 Å². The van der Waals surface area contributed by atoms with Gasteiger partial charge in [-0.25, -0.2) is 0 Å². The molecule has 14 heavy (non-hydrogen) atoms. The van der Waals surface area contributed by atoms with Crippen LogP contribution in [-0.2, 0) is 0 Å². The lowest BCUT2D eigenvalue weighted by Gasteiger charge is -1.99. The van der Waals surface area contributed by atoms with Crippen molar-refractivity contribution in [3.05, 3.63) is 46.3 Å². The van der Waals surface area contributed by atoms with Crippen molar-refractivity contribution in [1.29, 1.82) is 0 Å². The molecule has 4 nitrogen and oxygen atoms in total. The second-order valence-electron chi connectivity index (χ2n) is 2.59. The number of hydrogen-bond acceptors (Lipinski definition) is 2. The van der Waals surface area contributed by atoms with E-state index in [9.17, 15) is 0 Å². The van der Waals surface area contributed by atoms with Crippen molar-refractivity contribution in [2.75, 3.05) is 13.7 Å². The molecular weight excluding hydrogens is 178 g/mol. The van der Waals surface area contributed by atoms with E-state index in [1.165, 1.54) is 0 Å². The second-order valence-corrected chi connectivity index (χ2v) is 2.59. The van der Waals surface area contributed by atoms with E-state index in [4.69, 9.17) is 10.3 Å². The third kappa shape index (κ3) is 3.21.